The number of aromatic nitrogens is 3. The number of aryl methyl sites for hydroxylation is 1. The number of ether oxygens (including phenoxy) is 1. The maximum atomic E-state index is 12.5. The van der Waals surface area contributed by atoms with Crippen LogP contribution in [0.2, 0.25) is 0 Å². The van der Waals surface area contributed by atoms with E-state index in [9.17, 15) is 9.59 Å². The fraction of sp³-hybridized carbons (Fsp3) is 0.360. The summed E-state index contributed by atoms with van der Waals surface area (Å²) >= 11 is 0. The summed E-state index contributed by atoms with van der Waals surface area (Å²) in [5, 5.41) is 10.5. The van der Waals surface area contributed by atoms with Gasteiger partial charge in [0.05, 0.1) is 18.4 Å². The Kier molecular flexibility index (Phi) is 7.41. The number of benzene rings is 1. The average molecular weight is 463 g/mol. The van der Waals surface area contributed by atoms with Crippen LogP contribution in [0, 0.1) is 12.8 Å². The van der Waals surface area contributed by atoms with Crippen LogP contribution in [0.4, 0.5) is 11.4 Å². The first-order valence-electron chi connectivity index (χ1n) is 11.4. The second kappa shape index (κ2) is 10.8. The fourth-order valence-corrected chi connectivity index (χ4v) is 3.71. The van der Waals surface area contributed by atoms with Gasteiger partial charge in [0.1, 0.15) is 18.9 Å². The van der Waals surface area contributed by atoms with E-state index in [0.717, 1.165) is 24.3 Å². The molecule has 34 heavy (non-hydrogen) atoms. The van der Waals surface area contributed by atoms with E-state index in [0.29, 0.717) is 18.8 Å². The summed E-state index contributed by atoms with van der Waals surface area (Å²) in [6, 6.07) is 11.9. The van der Waals surface area contributed by atoms with Gasteiger partial charge in [-0.1, -0.05) is 17.7 Å². The SMILES string of the molecule is Cc1ccc(OCCN(C)C(=O)Cn2cc(NC(=O)C3CC(Nc4ccncc4)C3)cn2)cc1. The van der Waals surface area contributed by atoms with Crippen LogP contribution in [-0.2, 0) is 16.1 Å². The van der Waals surface area contributed by atoms with Crippen molar-refractivity contribution in [3.05, 3.63) is 66.7 Å². The van der Waals surface area contributed by atoms with Crippen LogP contribution in [0.15, 0.2) is 61.2 Å². The number of anilines is 2. The summed E-state index contributed by atoms with van der Waals surface area (Å²) < 4.78 is 7.22. The molecule has 0 bridgehead atoms. The van der Waals surface area contributed by atoms with E-state index >= 15 is 0 Å². The molecule has 9 nitrogen and oxygen atoms in total. The Morgan fingerprint density at radius 2 is 1.85 bits per heavy atom. The molecule has 9 heteroatoms. The van der Waals surface area contributed by atoms with Crippen molar-refractivity contribution in [2.24, 2.45) is 5.92 Å². The number of carbonyl (C=O) groups excluding carboxylic acids is 2. The van der Waals surface area contributed by atoms with E-state index in [1.807, 2.05) is 43.3 Å². The lowest BCUT2D eigenvalue weighted by atomic mass is 9.79. The van der Waals surface area contributed by atoms with E-state index in [4.69, 9.17) is 4.74 Å². The van der Waals surface area contributed by atoms with E-state index < -0.39 is 0 Å². The minimum absolute atomic E-state index is 0.0240. The highest BCUT2D eigenvalue weighted by atomic mass is 16.5. The van der Waals surface area contributed by atoms with Gasteiger partial charge < -0.3 is 20.3 Å². The smallest absolute Gasteiger partial charge is 0.244 e. The average Bonchev–Trinajstić information content (AvgIpc) is 3.24. The van der Waals surface area contributed by atoms with Gasteiger partial charge in [-0.25, -0.2) is 0 Å². The predicted molar refractivity (Wildman–Crippen MR) is 130 cm³/mol. The monoisotopic (exact) mass is 462 g/mol. The molecule has 0 aliphatic heterocycles. The molecule has 2 aromatic heterocycles. The Hall–Kier alpha value is -3.88. The number of likely N-dealkylation sites (N-methyl/N-ethyl adjacent to an activating group) is 1. The quantitative estimate of drug-likeness (QED) is 0.480. The lowest BCUT2D eigenvalue weighted by molar-refractivity contribution is -0.131. The third-order valence-corrected chi connectivity index (χ3v) is 5.90. The summed E-state index contributed by atoms with van der Waals surface area (Å²) in [5.74, 6) is 0.635. The summed E-state index contributed by atoms with van der Waals surface area (Å²) in [7, 11) is 1.74. The summed E-state index contributed by atoms with van der Waals surface area (Å²) in [4.78, 5) is 30.6. The Balaban J connectivity index is 1.16. The Morgan fingerprint density at radius 1 is 1.12 bits per heavy atom. The molecule has 2 heterocycles. The second-order valence-electron chi connectivity index (χ2n) is 8.64. The first-order valence-corrected chi connectivity index (χ1v) is 11.4. The molecule has 0 atom stereocenters. The van der Waals surface area contributed by atoms with Gasteiger partial charge in [-0.15, -0.1) is 0 Å². The van der Waals surface area contributed by atoms with E-state index in [2.05, 4.69) is 20.7 Å². The molecule has 0 radical (unpaired) electrons. The van der Waals surface area contributed by atoms with Crippen LogP contribution in [-0.4, -0.2) is 57.7 Å². The van der Waals surface area contributed by atoms with Crippen LogP contribution < -0.4 is 15.4 Å². The number of amides is 2. The Bertz CT molecular complexity index is 1090. The number of carbonyl (C=O) groups is 2. The van der Waals surface area contributed by atoms with Gasteiger partial charge in [0.25, 0.3) is 0 Å². The zero-order valence-electron chi connectivity index (χ0n) is 19.5. The van der Waals surface area contributed by atoms with Gasteiger partial charge in [-0.3, -0.25) is 19.3 Å². The van der Waals surface area contributed by atoms with Gasteiger partial charge in [0.2, 0.25) is 11.8 Å². The number of hydrogen-bond acceptors (Lipinski definition) is 6. The summed E-state index contributed by atoms with van der Waals surface area (Å²) in [6.07, 6.45) is 8.27. The van der Waals surface area contributed by atoms with Gasteiger partial charge >= 0.3 is 0 Å². The van der Waals surface area contributed by atoms with Crippen LogP contribution in [0.5, 0.6) is 5.75 Å². The first-order chi connectivity index (χ1) is 16.5. The Morgan fingerprint density at radius 3 is 2.59 bits per heavy atom. The number of nitrogens with zero attached hydrogens (tertiary/aromatic N) is 4. The van der Waals surface area contributed by atoms with E-state index in [1.165, 1.54) is 10.2 Å². The van der Waals surface area contributed by atoms with Crippen LogP contribution in [0.3, 0.4) is 0 Å². The van der Waals surface area contributed by atoms with Crippen molar-refractivity contribution in [2.75, 3.05) is 30.8 Å². The zero-order chi connectivity index (χ0) is 23.9. The molecule has 1 aromatic carbocycles. The number of pyridine rings is 1. The molecule has 2 N–H and O–H groups in total. The zero-order valence-corrected chi connectivity index (χ0v) is 19.5. The maximum Gasteiger partial charge on any atom is 0.244 e. The number of hydrogen-bond donors (Lipinski definition) is 2. The third kappa shape index (κ3) is 6.34. The van der Waals surface area contributed by atoms with Crippen molar-refractivity contribution in [2.45, 2.75) is 32.4 Å². The van der Waals surface area contributed by atoms with Gasteiger partial charge in [0.15, 0.2) is 0 Å². The highest BCUT2D eigenvalue weighted by molar-refractivity contribution is 5.93. The topological polar surface area (TPSA) is 101 Å². The van der Waals surface area contributed by atoms with Gasteiger partial charge in [0, 0.05) is 43.3 Å². The molecule has 4 rings (SSSR count). The molecule has 0 saturated heterocycles. The standard InChI is InChI=1S/C25H30N6O3/c1-18-3-5-23(6-4-18)34-12-11-30(2)24(32)17-31-16-22(15-27-31)29-25(33)19-13-21(14-19)28-20-7-9-26-10-8-20/h3-10,15-16,19,21H,11-14,17H2,1-2H3,(H,26,28)(H,29,33). The lowest BCUT2D eigenvalue weighted by Crippen LogP contribution is -2.41. The second-order valence-corrected chi connectivity index (χ2v) is 8.64. The number of nitrogens with one attached hydrogen (secondary N) is 2. The predicted octanol–water partition coefficient (Wildman–Crippen LogP) is 2.95. The minimum atomic E-state index is -0.0856. The minimum Gasteiger partial charge on any atom is -0.492 e. The normalized spacial score (nSPS) is 16.9. The highest BCUT2D eigenvalue weighted by Gasteiger charge is 2.34. The maximum absolute atomic E-state index is 12.5. The Labute approximate surface area is 199 Å². The van der Waals surface area contributed by atoms with Crippen molar-refractivity contribution in [3.63, 3.8) is 0 Å². The van der Waals surface area contributed by atoms with Crippen molar-refractivity contribution >= 4 is 23.2 Å². The lowest BCUT2D eigenvalue weighted by Gasteiger charge is -2.35. The largest absolute Gasteiger partial charge is 0.492 e. The summed E-state index contributed by atoms with van der Waals surface area (Å²) in [6.45, 7) is 2.99. The molecule has 1 aliphatic rings. The molecule has 1 fully saturated rings. The first kappa shape index (κ1) is 23.3. The molecule has 1 saturated carbocycles. The fourth-order valence-electron chi connectivity index (χ4n) is 3.71. The number of rotatable bonds is 10. The van der Waals surface area contributed by atoms with Crippen LogP contribution in [0.1, 0.15) is 18.4 Å². The van der Waals surface area contributed by atoms with Crippen molar-refractivity contribution in [3.8, 4) is 5.75 Å². The summed E-state index contributed by atoms with van der Waals surface area (Å²) in [5.41, 5.74) is 2.77. The molecule has 0 unspecified atom stereocenters. The molecule has 1 aliphatic carbocycles. The molecular formula is C25H30N6O3. The van der Waals surface area contributed by atoms with E-state index in [-0.39, 0.29) is 30.3 Å². The third-order valence-electron chi connectivity index (χ3n) is 5.90. The molecule has 178 valence electrons. The molecular weight excluding hydrogens is 432 g/mol. The van der Waals surface area contributed by atoms with Gasteiger partial charge in [-0.05, 0) is 44.0 Å². The van der Waals surface area contributed by atoms with Crippen LogP contribution in [0.25, 0.3) is 0 Å². The van der Waals surface area contributed by atoms with Crippen molar-refractivity contribution in [1.29, 1.82) is 0 Å². The molecule has 0 spiro atoms. The van der Waals surface area contributed by atoms with Crippen molar-refractivity contribution in [1.82, 2.24) is 19.7 Å². The van der Waals surface area contributed by atoms with Crippen LogP contribution >= 0.6 is 0 Å². The highest BCUT2D eigenvalue weighted by Crippen LogP contribution is 2.31. The van der Waals surface area contributed by atoms with Gasteiger partial charge in [-0.2, -0.15) is 5.10 Å². The van der Waals surface area contributed by atoms with E-state index in [1.54, 1.807) is 36.7 Å². The molecule has 3 aromatic rings. The van der Waals surface area contributed by atoms with Crippen molar-refractivity contribution < 1.29 is 14.3 Å². The molecule has 2 amide bonds.